The predicted octanol–water partition coefficient (Wildman–Crippen LogP) is 11.4. The second-order valence-corrected chi connectivity index (χ2v) is 18.5. The average Bonchev–Trinajstić information content (AvgIpc) is 3.68. The molecule has 0 aliphatic heterocycles. The van der Waals surface area contributed by atoms with Crippen LogP contribution in [0.5, 0.6) is 0 Å². The molecule has 0 heterocycles. The molecular formula is C55H41NSi. The van der Waals surface area contributed by atoms with E-state index in [9.17, 15) is 0 Å². The van der Waals surface area contributed by atoms with Crippen LogP contribution in [0.4, 0.5) is 17.1 Å². The van der Waals surface area contributed by atoms with Crippen molar-refractivity contribution in [3.8, 4) is 33.4 Å². The Kier molecular flexibility index (Phi) is 9.02. The van der Waals surface area contributed by atoms with E-state index >= 15 is 0 Å². The van der Waals surface area contributed by atoms with E-state index in [0.29, 0.717) is 0 Å². The molecule has 0 N–H and O–H groups in total. The van der Waals surface area contributed by atoms with Gasteiger partial charge in [-0.15, -0.1) is 0 Å². The van der Waals surface area contributed by atoms with Crippen LogP contribution < -0.4 is 25.6 Å². The lowest BCUT2D eigenvalue weighted by molar-refractivity contribution is 1.20. The van der Waals surface area contributed by atoms with E-state index in [1.165, 1.54) is 76.6 Å². The van der Waals surface area contributed by atoms with E-state index in [1.807, 2.05) is 0 Å². The van der Waals surface area contributed by atoms with E-state index in [2.05, 4.69) is 241 Å². The van der Waals surface area contributed by atoms with Crippen LogP contribution in [0.1, 0.15) is 11.1 Å². The lowest BCUT2D eigenvalue weighted by Gasteiger charge is -2.39. The van der Waals surface area contributed by atoms with Gasteiger partial charge in [0.2, 0.25) is 0 Å². The molecule has 9 aromatic rings. The smallest absolute Gasteiger partial charge is 0.181 e. The first-order valence-electron chi connectivity index (χ1n) is 19.8. The summed E-state index contributed by atoms with van der Waals surface area (Å²) in [6, 6.07) is 87.6. The molecule has 0 amide bonds. The van der Waals surface area contributed by atoms with E-state index < -0.39 is 8.07 Å². The topological polar surface area (TPSA) is 3.24 Å². The largest absolute Gasteiger partial charge is 0.310 e. The predicted molar refractivity (Wildman–Crippen MR) is 244 cm³/mol. The Bertz CT molecular complexity index is 2690. The van der Waals surface area contributed by atoms with Crippen molar-refractivity contribution < 1.29 is 0 Å². The van der Waals surface area contributed by atoms with E-state index in [4.69, 9.17) is 0 Å². The van der Waals surface area contributed by atoms with Crippen molar-refractivity contribution in [1.82, 2.24) is 0 Å². The summed E-state index contributed by atoms with van der Waals surface area (Å²) in [5.41, 5.74) is 13.7. The molecule has 1 nitrogen and oxygen atoms in total. The maximum atomic E-state index is 2.62. The average molecular weight is 744 g/mol. The van der Waals surface area contributed by atoms with Crippen molar-refractivity contribution >= 4 is 45.9 Å². The number of nitrogens with zero attached hydrogens (tertiary/aromatic N) is 1. The van der Waals surface area contributed by atoms with Crippen molar-refractivity contribution in [1.29, 1.82) is 0 Å². The Morgan fingerprint density at radius 1 is 0.368 bits per heavy atom. The minimum atomic E-state index is -2.98. The number of fused-ring (bicyclic) bond motifs is 3. The van der Waals surface area contributed by atoms with Crippen LogP contribution in [0.3, 0.4) is 0 Å². The van der Waals surface area contributed by atoms with Gasteiger partial charge in [0.25, 0.3) is 0 Å². The van der Waals surface area contributed by atoms with Crippen LogP contribution in [0.15, 0.2) is 237 Å². The molecule has 270 valence electrons. The molecule has 1 aliphatic rings. The fraction of sp³-hybridized carbons (Fsp3) is 0.0182. The molecule has 0 spiro atoms. The molecule has 0 fully saturated rings. The molecule has 0 atom stereocenters. The maximum Gasteiger partial charge on any atom is 0.181 e. The maximum absolute atomic E-state index is 2.98. The summed E-state index contributed by atoms with van der Waals surface area (Å²) in [4.78, 5) is 2.62. The molecule has 0 unspecified atom stereocenters. The van der Waals surface area contributed by atoms with Gasteiger partial charge in [0.05, 0.1) is 5.69 Å². The number of para-hydroxylation sites is 2. The summed E-state index contributed by atoms with van der Waals surface area (Å²) >= 11 is 0. The molecule has 9 aromatic carbocycles. The molecule has 0 aromatic heterocycles. The zero-order chi connectivity index (χ0) is 38.0. The summed E-state index contributed by atoms with van der Waals surface area (Å²) in [5, 5.41) is 5.39. The SMILES string of the molecule is c1ccc(-c2cc3c(c(N(c4ccccc4)c4ccccc4[Si](c4ccccc4)(c4ccccc4)c4ccccc4)c2-c2ccccc2)Cc2ccccc2-3)cc1. The lowest BCUT2D eigenvalue weighted by Crippen LogP contribution is -2.75. The molecule has 0 saturated carbocycles. The third-order valence-electron chi connectivity index (χ3n) is 11.6. The van der Waals surface area contributed by atoms with Crippen LogP contribution in [0.2, 0.25) is 0 Å². The van der Waals surface area contributed by atoms with Gasteiger partial charge < -0.3 is 4.90 Å². The Hall–Kier alpha value is -7.00. The lowest BCUT2D eigenvalue weighted by atomic mass is 9.87. The summed E-state index contributed by atoms with van der Waals surface area (Å²) < 4.78 is 0. The molecule has 0 bridgehead atoms. The number of hydrogen-bond donors (Lipinski definition) is 0. The molecule has 2 heteroatoms. The standard InChI is InChI=1S/C55H41NSi/c1-7-23-41(24-8-1)49-40-50-48-36-20-19-27-43(48)39-51(50)55(54(49)42-25-9-2-10-26-42)56(44-28-11-3-12-29-44)52-37-21-22-38-53(52)57(45-30-13-4-14-31-45,46-32-15-5-16-33-46)47-34-17-6-18-35-47/h1-38,40H,39H2. The third kappa shape index (κ3) is 5.94. The van der Waals surface area contributed by atoms with Gasteiger partial charge >= 0.3 is 0 Å². The summed E-state index contributed by atoms with van der Waals surface area (Å²) in [6.07, 6.45) is 0.847. The normalized spacial score (nSPS) is 11.8. The first-order chi connectivity index (χ1) is 28.3. The zero-order valence-corrected chi connectivity index (χ0v) is 32.7. The number of benzene rings is 9. The van der Waals surface area contributed by atoms with Crippen molar-refractivity contribution in [2.75, 3.05) is 4.90 Å². The van der Waals surface area contributed by atoms with Crippen LogP contribution in [-0.4, -0.2) is 8.07 Å². The van der Waals surface area contributed by atoms with Crippen LogP contribution >= 0.6 is 0 Å². The monoisotopic (exact) mass is 743 g/mol. The van der Waals surface area contributed by atoms with Gasteiger partial charge in [-0.05, 0) is 84.0 Å². The van der Waals surface area contributed by atoms with E-state index in [0.717, 1.165) is 12.1 Å². The first kappa shape index (κ1) is 34.5. The third-order valence-corrected chi connectivity index (χ3v) is 16.5. The Morgan fingerprint density at radius 2 is 0.825 bits per heavy atom. The van der Waals surface area contributed by atoms with Crippen LogP contribution in [0, 0.1) is 0 Å². The highest BCUT2D eigenvalue weighted by Gasteiger charge is 2.44. The Labute approximate surface area is 336 Å². The second-order valence-electron chi connectivity index (χ2n) is 14.8. The highest BCUT2D eigenvalue weighted by Crippen LogP contribution is 2.53. The highest BCUT2D eigenvalue weighted by atomic mass is 28.3. The van der Waals surface area contributed by atoms with Gasteiger partial charge in [-0.1, -0.05) is 212 Å². The summed E-state index contributed by atoms with van der Waals surface area (Å²) in [5.74, 6) is 0. The van der Waals surface area contributed by atoms with Crippen molar-refractivity contribution in [2.45, 2.75) is 6.42 Å². The highest BCUT2D eigenvalue weighted by molar-refractivity contribution is 7.20. The minimum absolute atomic E-state index is 0.847. The molecule has 10 rings (SSSR count). The molecular weight excluding hydrogens is 703 g/mol. The van der Waals surface area contributed by atoms with Crippen LogP contribution in [-0.2, 0) is 6.42 Å². The van der Waals surface area contributed by atoms with E-state index in [1.54, 1.807) is 0 Å². The van der Waals surface area contributed by atoms with Gasteiger partial charge in [0.15, 0.2) is 8.07 Å². The first-order valence-corrected chi connectivity index (χ1v) is 21.8. The minimum Gasteiger partial charge on any atom is -0.310 e. The second kappa shape index (κ2) is 14.9. The number of hydrogen-bond acceptors (Lipinski definition) is 1. The zero-order valence-electron chi connectivity index (χ0n) is 31.7. The number of rotatable bonds is 9. The Balaban J connectivity index is 1.38. The fourth-order valence-electron chi connectivity index (χ4n) is 9.23. The van der Waals surface area contributed by atoms with Gasteiger partial charge in [-0.2, -0.15) is 0 Å². The van der Waals surface area contributed by atoms with Gasteiger partial charge in [-0.3, -0.25) is 0 Å². The molecule has 57 heavy (non-hydrogen) atoms. The van der Waals surface area contributed by atoms with Crippen molar-refractivity contribution in [3.63, 3.8) is 0 Å². The van der Waals surface area contributed by atoms with E-state index in [-0.39, 0.29) is 0 Å². The molecule has 1 aliphatic carbocycles. The number of anilines is 3. The van der Waals surface area contributed by atoms with Gasteiger partial charge in [-0.25, -0.2) is 0 Å². The van der Waals surface area contributed by atoms with Crippen molar-refractivity contribution in [2.24, 2.45) is 0 Å². The molecule has 0 saturated heterocycles. The quantitative estimate of drug-likeness (QED) is 0.105. The molecule has 0 radical (unpaired) electrons. The fourth-order valence-corrected chi connectivity index (χ4v) is 14.2. The summed E-state index contributed by atoms with van der Waals surface area (Å²) in [6.45, 7) is 0. The van der Waals surface area contributed by atoms with Crippen molar-refractivity contribution in [3.05, 3.63) is 248 Å². The Morgan fingerprint density at radius 3 is 1.40 bits per heavy atom. The van der Waals surface area contributed by atoms with Crippen LogP contribution in [0.25, 0.3) is 33.4 Å². The van der Waals surface area contributed by atoms with Gasteiger partial charge in [0.1, 0.15) is 0 Å². The summed E-state index contributed by atoms with van der Waals surface area (Å²) in [7, 11) is -2.98. The van der Waals surface area contributed by atoms with Gasteiger partial charge in [0, 0.05) is 23.4 Å².